The van der Waals surface area contributed by atoms with Crippen molar-refractivity contribution in [2.24, 2.45) is 0 Å². The number of hydrogen-bond donors (Lipinski definition) is 1. The smallest absolute Gasteiger partial charge is 0.0410 e. The van der Waals surface area contributed by atoms with E-state index in [1.807, 2.05) is 25.2 Å². The van der Waals surface area contributed by atoms with Crippen LogP contribution in [0.15, 0.2) is 22.7 Å². The molecule has 1 aliphatic rings. The summed E-state index contributed by atoms with van der Waals surface area (Å²) in [5.41, 5.74) is 1.27. The summed E-state index contributed by atoms with van der Waals surface area (Å²) in [6.45, 7) is 3.25. The summed E-state index contributed by atoms with van der Waals surface area (Å²) in [7, 11) is 2.03. The Kier molecular flexibility index (Phi) is 4.25. The molecule has 1 heterocycles. The van der Waals surface area contributed by atoms with Gasteiger partial charge in [-0.2, -0.15) is 0 Å². The summed E-state index contributed by atoms with van der Waals surface area (Å²) < 4.78 is 1.14. The second-order valence-electron chi connectivity index (χ2n) is 4.25. The van der Waals surface area contributed by atoms with Gasteiger partial charge in [0.05, 0.1) is 0 Å². The Labute approximate surface area is 110 Å². The van der Waals surface area contributed by atoms with Gasteiger partial charge >= 0.3 is 0 Å². The van der Waals surface area contributed by atoms with Crippen molar-refractivity contribution in [2.45, 2.75) is 19.0 Å². The van der Waals surface area contributed by atoms with Crippen molar-refractivity contribution in [3.05, 3.63) is 33.3 Å². The first-order valence-electron chi connectivity index (χ1n) is 5.52. The highest BCUT2D eigenvalue weighted by atomic mass is 79.9. The fourth-order valence-corrected chi connectivity index (χ4v) is 2.68. The molecule has 1 fully saturated rings. The van der Waals surface area contributed by atoms with Crippen LogP contribution >= 0.6 is 27.5 Å². The van der Waals surface area contributed by atoms with Gasteiger partial charge in [0.15, 0.2) is 0 Å². The van der Waals surface area contributed by atoms with Crippen LogP contribution in [0.3, 0.4) is 0 Å². The van der Waals surface area contributed by atoms with Crippen LogP contribution in [0, 0.1) is 0 Å². The predicted octanol–water partition coefficient (Wildman–Crippen LogP) is 2.90. The molecule has 0 bridgehead atoms. The third-order valence-electron chi connectivity index (χ3n) is 3.08. The second kappa shape index (κ2) is 5.50. The third kappa shape index (κ3) is 2.98. The molecule has 1 aromatic rings. The highest BCUT2D eigenvalue weighted by molar-refractivity contribution is 9.10. The quantitative estimate of drug-likeness (QED) is 0.924. The van der Waals surface area contributed by atoms with Gasteiger partial charge in [0, 0.05) is 35.2 Å². The molecule has 1 atom stereocenters. The average Bonchev–Trinajstić information content (AvgIpc) is 2.71. The molecule has 1 N–H and O–H groups in total. The summed E-state index contributed by atoms with van der Waals surface area (Å²) in [4.78, 5) is 2.46. The number of nitrogens with one attached hydrogen (secondary N) is 1. The van der Waals surface area contributed by atoms with Gasteiger partial charge in [-0.05, 0) is 37.2 Å². The Balaban J connectivity index is 2.01. The minimum atomic E-state index is 0.637. The molecule has 0 aromatic heterocycles. The third-order valence-corrected chi connectivity index (χ3v) is 4.09. The molecule has 2 rings (SSSR count). The predicted molar refractivity (Wildman–Crippen MR) is 71.9 cm³/mol. The van der Waals surface area contributed by atoms with Crippen molar-refractivity contribution < 1.29 is 0 Å². The zero-order valence-corrected chi connectivity index (χ0v) is 11.7. The standard InChI is InChI=1S/C12H16BrClN2/c1-15-11-4-5-16(8-11)7-9-6-10(14)2-3-12(9)13/h2-3,6,11,15H,4-5,7-8H2,1H3. The first-order chi connectivity index (χ1) is 7.69. The molecule has 0 aliphatic carbocycles. The number of rotatable bonds is 3. The minimum absolute atomic E-state index is 0.637. The van der Waals surface area contributed by atoms with Crippen molar-refractivity contribution in [1.29, 1.82) is 0 Å². The van der Waals surface area contributed by atoms with Gasteiger partial charge in [-0.25, -0.2) is 0 Å². The Bertz CT molecular complexity index is 370. The zero-order chi connectivity index (χ0) is 11.5. The lowest BCUT2D eigenvalue weighted by atomic mass is 10.2. The lowest BCUT2D eigenvalue weighted by Crippen LogP contribution is -2.29. The van der Waals surface area contributed by atoms with Crippen LogP contribution in [0.25, 0.3) is 0 Å². The minimum Gasteiger partial charge on any atom is -0.316 e. The molecule has 88 valence electrons. The molecule has 4 heteroatoms. The van der Waals surface area contributed by atoms with Crippen LogP contribution < -0.4 is 5.32 Å². The topological polar surface area (TPSA) is 15.3 Å². The van der Waals surface area contributed by atoms with E-state index in [-0.39, 0.29) is 0 Å². The van der Waals surface area contributed by atoms with Crippen molar-refractivity contribution >= 4 is 27.5 Å². The highest BCUT2D eigenvalue weighted by Gasteiger charge is 2.21. The highest BCUT2D eigenvalue weighted by Crippen LogP contribution is 2.24. The number of halogens is 2. The normalized spacial score (nSPS) is 21.6. The zero-order valence-electron chi connectivity index (χ0n) is 9.34. The van der Waals surface area contributed by atoms with Gasteiger partial charge in [0.1, 0.15) is 0 Å². The van der Waals surface area contributed by atoms with Gasteiger partial charge in [0.25, 0.3) is 0 Å². The Morgan fingerprint density at radius 2 is 2.38 bits per heavy atom. The summed E-state index contributed by atoms with van der Waals surface area (Å²) in [5.74, 6) is 0. The van der Waals surface area contributed by atoms with E-state index in [2.05, 4.69) is 26.1 Å². The molecule has 0 saturated carbocycles. The van der Waals surface area contributed by atoms with Gasteiger partial charge in [-0.15, -0.1) is 0 Å². The first kappa shape index (κ1) is 12.4. The van der Waals surface area contributed by atoms with Gasteiger partial charge in [-0.3, -0.25) is 4.90 Å². The molecular formula is C12H16BrClN2. The van der Waals surface area contributed by atoms with E-state index in [1.54, 1.807) is 0 Å². The van der Waals surface area contributed by atoms with Crippen LogP contribution in [0.1, 0.15) is 12.0 Å². The molecular weight excluding hydrogens is 288 g/mol. The van der Waals surface area contributed by atoms with E-state index in [0.717, 1.165) is 29.1 Å². The second-order valence-corrected chi connectivity index (χ2v) is 5.54. The molecule has 0 amide bonds. The van der Waals surface area contributed by atoms with E-state index in [0.29, 0.717) is 6.04 Å². The first-order valence-corrected chi connectivity index (χ1v) is 6.69. The van der Waals surface area contributed by atoms with E-state index in [9.17, 15) is 0 Å². The fourth-order valence-electron chi connectivity index (χ4n) is 2.12. The van der Waals surface area contributed by atoms with Crippen LogP contribution in [0.2, 0.25) is 5.02 Å². The monoisotopic (exact) mass is 302 g/mol. The maximum Gasteiger partial charge on any atom is 0.0410 e. The Morgan fingerprint density at radius 1 is 1.56 bits per heavy atom. The van der Waals surface area contributed by atoms with E-state index in [4.69, 9.17) is 11.6 Å². The van der Waals surface area contributed by atoms with Gasteiger partial charge < -0.3 is 5.32 Å². The SMILES string of the molecule is CNC1CCN(Cc2cc(Cl)ccc2Br)C1. The Hall–Kier alpha value is -0.0900. The molecule has 0 radical (unpaired) electrons. The van der Waals surface area contributed by atoms with Crippen LogP contribution in [0.5, 0.6) is 0 Å². The van der Waals surface area contributed by atoms with Crippen molar-refractivity contribution in [1.82, 2.24) is 10.2 Å². The summed E-state index contributed by atoms with van der Waals surface area (Å²) in [6, 6.07) is 6.61. The molecule has 1 aromatic carbocycles. The van der Waals surface area contributed by atoms with Gasteiger partial charge in [0.2, 0.25) is 0 Å². The van der Waals surface area contributed by atoms with Crippen LogP contribution in [0.4, 0.5) is 0 Å². The molecule has 1 unspecified atom stereocenters. The molecule has 1 saturated heterocycles. The molecule has 0 spiro atoms. The fraction of sp³-hybridized carbons (Fsp3) is 0.500. The summed E-state index contributed by atoms with van der Waals surface area (Å²) >= 11 is 9.58. The molecule has 16 heavy (non-hydrogen) atoms. The number of hydrogen-bond acceptors (Lipinski definition) is 2. The maximum atomic E-state index is 6.01. The van der Waals surface area contributed by atoms with E-state index < -0.39 is 0 Å². The molecule has 1 aliphatic heterocycles. The van der Waals surface area contributed by atoms with E-state index >= 15 is 0 Å². The van der Waals surface area contributed by atoms with Crippen molar-refractivity contribution in [3.8, 4) is 0 Å². The van der Waals surface area contributed by atoms with Crippen LogP contribution in [-0.2, 0) is 6.54 Å². The number of nitrogens with zero attached hydrogens (tertiary/aromatic N) is 1. The van der Waals surface area contributed by atoms with Gasteiger partial charge in [-0.1, -0.05) is 27.5 Å². The lowest BCUT2D eigenvalue weighted by molar-refractivity contribution is 0.322. The summed E-state index contributed by atoms with van der Waals surface area (Å²) in [5, 5.41) is 4.13. The van der Waals surface area contributed by atoms with E-state index in [1.165, 1.54) is 12.0 Å². The number of likely N-dealkylation sites (tertiary alicyclic amines) is 1. The number of likely N-dealkylation sites (N-methyl/N-ethyl adjacent to an activating group) is 1. The van der Waals surface area contributed by atoms with Crippen molar-refractivity contribution in [3.63, 3.8) is 0 Å². The Morgan fingerprint density at radius 3 is 3.06 bits per heavy atom. The number of benzene rings is 1. The molecule has 2 nitrogen and oxygen atoms in total. The largest absolute Gasteiger partial charge is 0.316 e. The maximum absolute atomic E-state index is 6.01. The van der Waals surface area contributed by atoms with Crippen molar-refractivity contribution in [2.75, 3.05) is 20.1 Å². The average molecular weight is 304 g/mol. The summed E-state index contributed by atoms with van der Waals surface area (Å²) in [6.07, 6.45) is 1.23. The van der Waals surface area contributed by atoms with Crippen LogP contribution in [-0.4, -0.2) is 31.1 Å². The lowest BCUT2D eigenvalue weighted by Gasteiger charge is -2.17.